The molecule has 1 aliphatic rings. The van der Waals surface area contributed by atoms with Crippen molar-refractivity contribution in [3.05, 3.63) is 83.4 Å². The highest BCUT2D eigenvalue weighted by Crippen LogP contribution is 2.49. The quantitative estimate of drug-likeness (QED) is 0.201. The first-order valence-corrected chi connectivity index (χ1v) is 15.7. The van der Waals surface area contributed by atoms with Crippen molar-refractivity contribution < 1.29 is 28.3 Å². The molecule has 1 aliphatic heterocycles. The molecule has 0 spiro atoms. The summed E-state index contributed by atoms with van der Waals surface area (Å²) in [7, 11) is -0.879. The summed E-state index contributed by atoms with van der Waals surface area (Å²) in [5.41, 5.74) is 3.06. The minimum absolute atomic E-state index is 0.151. The van der Waals surface area contributed by atoms with Gasteiger partial charge in [-0.25, -0.2) is 4.39 Å². The highest BCUT2D eigenvalue weighted by Gasteiger charge is 2.42. The molecule has 0 fully saturated rings. The first-order valence-electron chi connectivity index (χ1n) is 14.2. The maximum absolute atomic E-state index is 12.9. The number of ether oxygens (including phenoxy) is 2. The molecule has 3 aromatic carbocycles. The minimum Gasteiger partial charge on any atom is -0.508 e. The number of halogens is 1. The van der Waals surface area contributed by atoms with Gasteiger partial charge in [-0.2, -0.15) is 0 Å². The number of hydrogen-bond donors (Lipinski definition) is 2. The average Bonchev–Trinajstić information content (AvgIpc) is 2.93. The van der Waals surface area contributed by atoms with Crippen molar-refractivity contribution >= 4 is 10.8 Å². The van der Waals surface area contributed by atoms with Gasteiger partial charge in [-0.15, -0.1) is 0 Å². The number of aryl methyl sites for hydroxylation is 1. The zero-order chi connectivity index (χ0) is 28.5. The first-order chi connectivity index (χ1) is 19.2. The van der Waals surface area contributed by atoms with E-state index in [1.165, 1.54) is 5.56 Å². The number of phenolic OH excluding ortho intramolecular Hbond substituents is 2. The Hall–Kier alpha value is -3.06. The third kappa shape index (κ3) is 8.00. The van der Waals surface area contributed by atoms with Crippen LogP contribution in [0.15, 0.2) is 66.7 Å². The van der Waals surface area contributed by atoms with Crippen molar-refractivity contribution in [2.24, 2.45) is 0 Å². The number of alkyl halides is 1. The summed E-state index contributed by atoms with van der Waals surface area (Å²) in [6.07, 6.45) is 3.76. The maximum Gasteiger partial charge on any atom is 0.126 e. The summed E-state index contributed by atoms with van der Waals surface area (Å²) in [5.74, 6) is 3.35. The van der Waals surface area contributed by atoms with Crippen LogP contribution >= 0.6 is 0 Å². The van der Waals surface area contributed by atoms with Gasteiger partial charge in [-0.3, -0.25) is 4.21 Å². The van der Waals surface area contributed by atoms with Crippen molar-refractivity contribution in [3.63, 3.8) is 0 Å². The highest BCUT2D eigenvalue weighted by atomic mass is 32.2. The van der Waals surface area contributed by atoms with E-state index in [1.54, 1.807) is 31.2 Å². The molecule has 216 valence electrons. The predicted octanol–water partition coefficient (Wildman–Crippen LogP) is 7.21. The van der Waals surface area contributed by atoms with Gasteiger partial charge in [0.05, 0.1) is 19.4 Å². The molecule has 0 aliphatic carbocycles. The second kappa shape index (κ2) is 14.0. The molecule has 40 heavy (non-hydrogen) atoms. The number of aromatic hydroxyl groups is 2. The van der Waals surface area contributed by atoms with E-state index in [-0.39, 0.29) is 22.8 Å². The number of phenols is 2. The van der Waals surface area contributed by atoms with Crippen LogP contribution in [-0.2, 0) is 22.6 Å². The molecule has 0 bridgehead atoms. The Labute approximate surface area is 239 Å². The molecule has 5 nitrogen and oxygen atoms in total. The van der Waals surface area contributed by atoms with Crippen LogP contribution in [0, 0.1) is 0 Å². The molecular weight excluding hydrogens is 527 g/mol. The molecule has 4 rings (SSSR count). The van der Waals surface area contributed by atoms with Gasteiger partial charge in [0, 0.05) is 39.7 Å². The van der Waals surface area contributed by atoms with Gasteiger partial charge in [-0.1, -0.05) is 37.3 Å². The normalized spacial score (nSPS) is 19.8. The fourth-order valence-electron chi connectivity index (χ4n) is 5.50. The fourth-order valence-corrected chi connectivity index (χ4v) is 6.66. The SMILES string of the molecule is CC(F)CCCS(=O)CCCc1ccc(OCCCC2c3ccc(O)cc3OCC2(C)c2ccc(O)cc2)cc1. The van der Waals surface area contributed by atoms with Crippen molar-refractivity contribution in [1.29, 1.82) is 0 Å². The lowest BCUT2D eigenvalue weighted by Crippen LogP contribution is -2.40. The van der Waals surface area contributed by atoms with Gasteiger partial charge in [0.25, 0.3) is 0 Å². The van der Waals surface area contributed by atoms with Crippen LogP contribution in [0.3, 0.4) is 0 Å². The zero-order valence-electron chi connectivity index (χ0n) is 23.5. The Balaban J connectivity index is 1.29. The average molecular weight is 569 g/mol. The van der Waals surface area contributed by atoms with Gasteiger partial charge >= 0.3 is 0 Å². The Morgan fingerprint density at radius 1 is 1.00 bits per heavy atom. The predicted molar refractivity (Wildman–Crippen MR) is 159 cm³/mol. The van der Waals surface area contributed by atoms with E-state index in [2.05, 4.69) is 19.1 Å². The lowest BCUT2D eigenvalue weighted by molar-refractivity contribution is 0.158. The Kier molecular flexibility index (Phi) is 10.5. The molecular formula is C33H41FO5S. The third-order valence-electron chi connectivity index (χ3n) is 7.84. The van der Waals surface area contributed by atoms with Gasteiger partial charge < -0.3 is 19.7 Å². The van der Waals surface area contributed by atoms with E-state index in [1.807, 2.05) is 30.3 Å². The van der Waals surface area contributed by atoms with Gasteiger partial charge in [0.2, 0.25) is 0 Å². The second-order valence-electron chi connectivity index (χ2n) is 11.0. The highest BCUT2D eigenvalue weighted by molar-refractivity contribution is 7.84. The minimum atomic E-state index is -0.879. The molecule has 4 atom stereocenters. The van der Waals surface area contributed by atoms with Gasteiger partial charge in [-0.05, 0) is 92.5 Å². The number of benzene rings is 3. The van der Waals surface area contributed by atoms with E-state index in [0.717, 1.165) is 48.3 Å². The summed E-state index contributed by atoms with van der Waals surface area (Å²) in [6, 6.07) is 20.8. The third-order valence-corrected chi connectivity index (χ3v) is 9.32. The van der Waals surface area contributed by atoms with Gasteiger partial charge in [0.1, 0.15) is 23.0 Å². The Morgan fingerprint density at radius 2 is 1.70 bits per heavy atom. The monoisotopic (exact) mass is 568 g/mol. The second-order valence-corrected chi connectivity index (χ2v) is 12.7. The lowest BCUT2D eigenvalue weighted by Gasteiger charge is -2.43. The largest absolute Gasteiger partial charge is 0.508 e. The molecule has 0 amide bonds. The lowest BCUT2D eigenvalue weighted by atomic mass is 9.66. The molecule has 7 heteroatoms. The molecule has 0 radical (unpaired) electrons. The molecule has 0 saturated heterocycles. The topological polar surface area (TPSA) is 76.0 Å². The van der Waals surface area contributed by atoms with Crippen LogP contribution in [0.5, 0.6) is 23.0 Å². The van der Waals surface area contributed by atoms with Gasteiger partial charge in [0.15, 0.2) is 0 Å². The smallest absolute Gasteiger partial charge is 0.126 e. The fraction of sp³-hybridized carbons (Fsp3) is 0.455. The first kappa shape index (κ1) is 29.9. The summed E-state index contributed by atoms with van der Waals surface area (Å²) in [6.45, 7) is 4.79. The van der Waals surface area contributed by atoms with Crippen molar-refractivity contribution in [3.8, 4) is 23.0 Å². The number of fused-ring (bicyclic) bond motifs is 1. The van der Waals surface area contributed by atoms with Crippen LogP contribution in [0.25, 0.3) is 0 Å². The molecule has 2 N–H and O–H groups in total. The van der Waals surface area contributed by atoms with Crippen molar-refractivity contribution in [2.45, 2.75) is 69.9 Å². The molecule has 0 aromatic heterocycles. The maximum atomic E-state index is 12.9. The van der Waals surface area contributed by atoms with Crippen molar-refractivity contribution in [2.75, 3.05) is 24.7 Å². The Morgan fingerprint density at radius 3 is 2.42 bits per heavy atom. The summed E-state index contributed by atoms with van der Waals surface area (Å²) in [4.78, 5) is 0. The summed E-state index contributed by atoms with van der Waals surface area (Å²) < 4.78 is 37.1. The van der Waals surface area contributed by atoms with Crippen LogP contribution in [0.1, 0.15) is 68.6 Å². The van der Waals surface area contributed by atoms with E-state index in [9.17, 15) is 18.8 Å². The van der Waals surface area contributed by atoms with Crippen LogP contribution in [-0.4, -0.2) is 45.3 Å². The Bertz CT molecular complexity index is 1240. The van der Waals surface area contributed by atoms with E-state index < -0.39 is 17.0 Å². The summed E-state index contributed by atoms with van der Waals surface area (Å²) >= 11 is 0. The molecule has 0 saturated carbocycles. The van der Waals surface area contributed by atoms with Crippen LogP contribution in [0.4, 0.5) is 4.39 Å². The summed E-state index contributed by atoms with van der Waals surface area (Å²) in [5, 5.41) is 19.8. The van der Waals surface area contributed by atoms with E-state index >= 15 is 0 Å². The number of rotatable bonds is 14. The van der Waals surface area contributed by atoms with E-state index in [0.29, 0.717) is 37.6 Å². The van der Waals surface area contributed by atoms with Crippen molar-refractivity contribution in [1.82, 2.24) is 0 Å². The molecule has 4 unspecified atom stereocenters. The van der Waals surface area contributed by atoms with Crippen LogP contribution < -0.4 is 9.47 Å². The van der Waals surface area contributed by atoms with E-state index in [4.69, 9.17) is 9.47 Å². The van der Waals surface area contributed by atoms with Crippen LogP contribution in [0.2, 0.25) is 0 Å². The molecule has 3 aromatic rings. The zero-order valence-corrected chi connectivity index (χ0v) is 24.3. The number of hydrogen-bond acceptors (Lipinski definition) is 5. The molecule has 1 heterocycles. The standard InChI is InChI=1S/C33H41FO5S/c1-24(34)6-4-20-40(37)21-5-7-25-9-16-29(17-10-25)38-19-3-8-31-30-18-15-28(36)22-32(30)39-23-33(31,2)26-11-13-27(35)14-12-26/h9-18,22,24,31,35-36H,3-8,19-21,23H2,1-2H3.